The van der Waals surface area contributed by atoms with Gasteiger partial charge in [-0.05, 0) is 43.4 Å². The Kier molecular flexibility index (Phi) is 5.21. The second-order valence-corrected chi connectivity index (χ2v) is 7.21. The molecule has 0 bridgehead atoms. The van der Waals surface area contributed by atoms with Crippen LogP contribution in [-0.4, -0.2) is 29.8 Å². The summed E-state index contributed by atoms with van der Waals surface area (Å²) in [5.41, 5.74) is -0.512. The Morgan fingerprint density at radius 2 is 1.71 bits per heavy atom. The first-order valence-electron chi connectivity index (χ1n) is 8.89. The topological polar surface area (TPSA) is 58.6 Å². The van der Waals surface area contributed by atoms with Gasteiger partial charge in [-0.2, -0.15) is 0 Å². The van der Waals surface area contributed by atoms with Gasteiger partial charge in [0.2, 0.25) is 5.91 Å². The number of benzene rings is 1. The van der Waals surface area contributed by atoms with E-state index in [2.05, 4.69) is 5.32 Å². The Morgan fingerprint density at radius 3 is 2.33 bits per heavy atom. The van der Waals surface area contributed by atoms with Crippen LogP contribution in [0.2, 0.25) is 0 Å². The Balaban J connectivity index is 1.74. The van der Waals surface area contributed by atoms with Crippen molar-refractivity contribution in [1.82, 2.24) is 5.32 Å². The first-order chi connectivity index (χ1) is 11.5. The van der Waals surface area contributed by atoms with E-state index in [1.165, 1.54) is 12.1 Å². The van der Waals surface area contributed by atoms with Gasteiger partial charge in [-0.3, -0.25) is 4.79 Å². The minimum Gasteiger partial charge on any atom is -0.389 e. The first kappa shape index (κ1) is 17.4. The highest BCUT2D eigenvalue weighted by molar-refractivity contribution is 5.78. The number of amides is 1. The lowest BCUT2D eigenvalue weighted by Crippen LogP contribution is -2.51. The van der Waals surface area contributed by atoms with Gasteiger partial charge in [0, 0.05) is 13.2 Å². The molecule has 1 saturated heterocycles. The van der Waals surface area contributed by atoms with Crippen LogP contribution in [0.4, 0.5) is 4.39 Å². The molecule has 4 nitrogen and oxygen atoms in total. The molecule has 3 rings (SSSR count). The van der Waals surface area contributed by atoms with Crippen molar-refractivity contribution in [2.45, 2.75) is 62.5 Å². The Hall–Kier alpha value is -1.46. The summed E-state index contributed by atoms with van der Waals surface area (Å²) in [6, 6.07) is 6.31. The number of rotatable bonds is 4. The second-order valence-electron chi connectivity index (χ2n) is 7.21. The summed E-state index contributed by atoms with van der Waals surface area (Å²) in [6.07, 6.45) is 5.89. The molecule has 1 aromatic carbocycles. The lowest BCUT2D eigenvalue weighted by atomic mass is 9.80. The van der Waals surface area contributed by atoms with Crippen molar-refractivity contribution in [3.8, 4) is 0 Å². The molecular formula is C19H26FNO3. The highest BCUT2D eigenvalue weighted by atomic mass is 19.1. The Labute approximate surface area is 142 Å². The number of hydrogen-bond donors (Lipinski definition) is 2. The van der Waals surface area contributed by atoms with Gasteiger partial charge in [0.1, 0.15) is 5.82 Å². The molecule has 1 aliphatic carbocycles. The number of aliphatic hydroxyl groups is 1. The number of hydrogen-bond acceptors (Lipinski definition) is 3. The van der Waals surface area contributed by atoms with Crippen molar-refractivity contribution in [3.63, 3.8) is 0 Å². The van der Waals surface area contributed by atoms with Crippen LogP contribution < -0.4 is 5.32 Å². The van der Waals surface area contributed by atoms with E-state index >= 15 is 0 Å². The van der Waals surface area contributed by atoms with Crippen molar-refractivity contribution in [2.75, 3.05) is 13.2 Å². The zero-order valence-corrected chi connectivity index (χ0v) is 14.0. The van der Waals surface area contributed by atoms with Gasteiger partial charge >= 0.3 is 0 Å². The molecule has 1 saturated carbocycles. The predicted molar refractivity (Wildman–Crippen MR) is 88.9 cm³/mol. The average Bonchev–Trinajstić information content (AvgIpc) is 2.56. The monoisotopic (exact) mass is 335 g/mol. The van der Waals surface area contributed by atoms with E-state index in [-0.39, 0.29) is 18.1 Å². The summed E-state index contributed by atoms with van der Waals surface area (Å²) in [6.45, 7) is 1.11. The van der Waals surface area contributed by atoms with Gasteiger partial charge in [0.15, 0.2) is 0 Å². The molecule has 0 atom stereocenters. The minimum atomic E-state index is -0.877. The minimum absolute atomic E-state index is 0.134. The molecule has 0 unspecified atom stereocenters. The number of halogens is 1. The maximum absolute atomic E-state index is 13.3. The molecule has 1 aliphatic heterocycles. The van der Waals surface area contributed by atoms with Gasteiger partial charge in [0.25, 0.3) is 0 Å². The highest BCUT2D eigenvalue weighted by Gasteiger charge is 2.38. The SMILES string of the molecule is O=C(CC1(O)CCCCC1)NC1(c2ccc(F)cc2)CCOCC1. The van der Waals surface area contributed by atoms with Gasteiger partial charge < -0.3 is 15.2 Å². The van der Waals surface area contributed by atoms with Crippen LogP contribution in [0.3, 0.4) is 0 Å². The molecule has 1 heterocycles. The normalized spacial score (nSPS) is 22.8. The standard InChI is InChI=1S/C19H26FNO3/c20-16-6-4-15(5-7-16)19(10-12-24-13-11-19)21-17(22)14-18(23)8-2-1-3-9-18/h4-7,23H,1-3,8-14H2,(H,21,22). The summed E-state index contributed by atoms with van der Waals surface area (Å²) in [7, 11) is 0. The summed E-state index contributed by atoms with van der Waals surface area (Å²) in [5, 5.41) is 13.8. The third-order valence-electron chi connectivity index (χ3n) is 5.40. The van der Waals surface area contributed by atoms with Crippen LogP contribution in [0.5, 0.6) is 0 Å². The fourth-order valence-electron chi connectivity index (χ4n) is 3.97. The number of ether oxygens (including phenoxy) is 1. The zero-order chi connectivity index (χ0) is 17.0. The van der Waals surface area contributed by atoms with E-state index < -0.39 is 11.1 Å². The number of carbonyl (C=O) groups is 1. The van der Waals surface area contributed by atoms with Crippen LogP contribution in [0.1, 0.15) is 56.9 Å². The smallest absolute Gasteiger partial charge is 0.223 e. The molecule has 2 aliphatic rings. The second kappa shape index (κ2) is 7.19. The van der Waals surface area contributed by atoms with Crippen LogP contribution >= 0.6 is 0 Å². The molecule has 0 radical (unpaired) electrons. The Morgan fingerprint density at radius 1 is 1.08 bits per heavy atom. The third kappa shape index (κ3) is 3.95. The van der Waals surface area contributed by atoms with E-state index in [0.29, 0.717) is 38.9 Å². The summed E-state index contributed by atoms with van der Waals surface area (Å²) in [5.74, 6) is -0.422. The maximum atomic E-state index is 13.3. The maximum Gasteiger partial charge on any atom is 0.223 e. The highest BCUT2D eigenvalue weighted by Crippen LogP contribution is 2.34. The van der Waals surface area contributed by atoms with Crippen LogP contribution in [0.25, 0.3) is 0 Å². The van der Waals surface area contributed by atoms with Crippen molar-refractivity contribution in [1.29, 1.82) is 0 Å². The van der Waals surface area contributed by atoms with Crippen LogP contribution in [0, 0.1) is 5.82 Å². The van der Waals surface area contributed by atoms with Crippen molar-refractivity contribution in [3.05, 3.63) is 35.6 Å². The van der Waals surface area contributed by atoms with Gasteiger partial charge in [-0.1, -0.05) is 31.4 Å². The lowest BCUT2D eigenvalue weighted by molar-refractivity contribution is -0.130. The molecule has 0 aromatic heterocycles. The summed E-state index contributed by atoms with van der Waals surface area (Å²) in [4.78, 5) is 12.6. The fraction of sp³-hybridized carbons (Fsp3) is 0.632. The number of carbonyl (C=O) groups excluding carboxylic acids is 1. The molecule has 2 N–H and O–H groups in total. The van der Waals surface area contributed by atoms with E-state index in [4.69, 9.17) is 4.74 Å². The van der Waals surface area contributed by atoms with Gasteiger partial charge in [0.05, 0.1) is 17.6 Å². The largest absolute Gasteiger partial charge is 0.389 e. The molecule has 132 valence electrons. The molecule has 0 spiro atoms. The van der Waals surface area contributed by atoms with Crippen LogP contribution in [0.15, 0.2) is 24.3 Å². The summed E-state index contributed by atoms with van der Waals surface area (Å²) < 4.78 is 18.7. The molecule has 5 heteroatoms. The molecular weight excluding hydrogens is 309 g/mol. The molecule has 2 fully saturated rings. The van der Waals surface area contributed by atoms with Crippen molar-refractivity contribution >= 4 is 5.91 Å². The Bertz CT molecular complexity index is 560. The molecule has 1 amide bonds. The molecule has 1 aromatic rings. The quantitative estimate of drug-likeness (QED) is 0.889. The molecule has 24 heavy (non-hydrogen) atoms. The van der Waals surface area contributed by atoms with E-state index in [0.717, 1.165) is 24.8 Å². The van der Waals surface area contributed by atoms with E-state index in [1.807, 2.05) is 0 Å². The van der Waals surface area contributed by atoms with Crippen molar-refractivity contribution < 1.29 is 19.0 Å². The number of nitrogens with one attached hydrogen (secondary N) is 1. The van der Waals surface area contributed by atoms with Gasteiger partial charge in [-0.15, -0.1) is 0 Å². The predicted octanol–water partition coefficient (Wildman–Crippen LogP) is 3.03. The van der Waals surface area contributed by atoms with E-state index in [1.54, 1.807) is 12.1 Å². The summed E-state index contributed by atoms with van der Waals surface area (Å²) >= 11 is 0. The van der Waals surface area contributed by atoms with Crippen LogP contribution in [-0.2, 0) is 15.1 Å². The average molecular weight is 335 g/mol. The lowest BCUT2D eigenvalue weighted by Gasteiger charge is -2.40. The first-order valence-corrected chi connectivity index (χ1v) is 8.89. The van der Waals surface area contributed by atoms with Gasteiger partial charge in [-0.25, -0.2) is 4.39 Å². The zero-order valence-electron chi connectivity index (χ0n) is 14.0. The fourth-order valence-corrected chi connectivity index (χ4v) is 3.97. The van der Waals surface area contributed by atoms with E-state index in [9.17, 15) is 14.3 Å². The van der Waals surface area contributed by atoms with Crippen molar-refractivity contribution in [2.24, 2.45) is 0 Å². The third-order valence-corrected chi connectivity index (χ3v) is 5.40.